The molecule has 1 heterocycles. The van der Waals surface area contributed by atoms with Crippen LogP contribution >= 0.6 is 0 Å². The molecule has 6 nitrogen and oxygen atoms in total. The number of ether oxygens (including phenoxy) is 2. The third kappa shape index (κ3) is 4.46. The molecule has 0 saturated carbocycles. The Morgan fingerprint density at radius 3 is 2.67 bits per heavy atom. The number of hydrogen-bond acceptors (Lipinski definition) is 5. The van der Waals surface area contributed by atoms with Crippen molar-refractivity contribution in [1.29, 1.82) is 0 Å². The molecular weight excluding hydrogens is 236 g/mol. The molecule has 0 unspecified atom stereocenters. The third-order valence-corrected chi connectivity index (χ3v) is 2.46. The van der Waals surface area contributed by atoms with Gasteiger partial charge in [-0.15, -0.1) is 0 Å². The van der Waals surface area contributed by atoms with Gasteiger partial charge >= 0.3 is 0 Å². The maximum Gasteiger partial charge on any atom is 0.257 e. The van der Waals surface area contributed by atoms with E-state index in [1.807, 2.05) is 6.92 Å². The molecule has 1 aromatic rings. The molecule has 0 amide bonds. The van der Waals surface area contributed by atoms with E-state index in [1.54, 1.807) is 7.11 Å². The van der Waals surface area contributed by atoms with Gasteiger partial charge in [0.05, 0.1) is 25.4 Å². The minimum absolute atomic E-state index is 0.174. The number of aromatic amines is 1. The molecule has 6 heteroatoms. The van der Waals surface area contributed by atoms with E-state index in [1.165, 1.54) is 0 Å². The van der Waals surface area contributed by atoms with Gasteiger partial charge in [-0.1, -0.05) is 13.3 Å². The second-order valence-corrected chi connectivity index (χ2v) is 3.92. The first kappa shape index (κ1) is 14.7. The van der Waals surface area contributed by atoms with Crippen LogP contribution in [0.3, 0.4) is 0 Å². The van der Waals surface area contributed by atoms with E-state index in [-0.39, 0.29) is 11.4 Å². The molecule has 102 valence electrons. The molecular formula is C12H20N2O4. The van der Waals surface area contributed by atoms with Crippen molar-refractivity contribution in [2.45, 2.75) is 26.2 Å². The zero-order valence-electron chi connectivity index (χ0n) is 10.9. The van der Waals surface area contributed by atoms with Crippen molar-refractivity contribution < 1.29 is 14.6 Å². The van der Waals surface area contributed by atoms with Gasteiger partial charge < -0.3 is 19.6 Å². The summed E-state index contributed by atoms with van der Waals surface area (Å²) in [5.41, 5.74) is 0.0813. The third-order valence-electron chi connectivity index (χ3n) is 2.46. The van der Waals surface area contributed by atoms with Crippen LogP contribution < -0.4 is 5.56 Å². The molecule has 1 aromatic heterocycles. The number of methoxy groups -OCH3 is 1. The largest absolute Gasteiger partial charge is 0.493 e. The Hall–Kier alpha value is -1.40. The summed E-state index contributed by atoms with van der Waals surface area (Å²) in [6.07, 6.45) is 1.77. The fourth-order valence-corrected chi connectivity index (χ4v) is 1.54. The van der Waals surface area contributed by atoms with E-state index in [0.29, 0.717) is 44.1 Å². The van der Waals surface area contributed by atoms with Gasteiger partial charge in [0.15, 0.2) is 0 Å². The average Bonchev–Trinajstić information content (AvgIpc) is 2.33. The van der Waals surface area contributed by atoms with Crippen LogP contribution in [-0.4, -0.2) is 42.0 Å². The summed E-state index contributed by atoms with van der Waals surface area (Å²) < 4.78 is 10.1. The number of nitrogens with one attached hydrogen (secondary N) is 1. The smallest absolute Gasteiger partial charge is 0.257 e. The van der Waals surface area contributed by atoms with E-state index in [4.69, 9.17) is 9.47 Å². The molecule has 0 aliphatic heterocycles. The lowest BCUT2D eigenvalue weighted by molar-refractivity contribution is 0.0715. The highest BCUT2D eigenvalue weighted by Gasteiger charge is 2.09. The van der Waals surface area contributed by atoms with Crippen LogP contribution in [0, 0.1) is 0 Å². The van der Waals surface area contributed by atoms with Gasteiger partial charge in [-0.2, -0.15) is 4.98 Å². The Morgan fingerprint density at radius 2 is 2.06 bits per heavy atom. The molecule has 0 aliphatic carbocycles. The fourth-order valence-electron chi connectivity index (χ4n) is 1.54. The highest BCUT2D eigenvalue weighted by atomic mass is 16.5. The summed E-state index contributed by atoms with van der Waals surface area (Å²) in [7, 11) is 1.60. The van der Waals surface area contributed by atoms with Crippen LogP contribution in [-0.2, 0) is 22.3 Å². The predicted molar refractivity (Wildman–Crippen MR) is 66.9 cm³/mol. The second kappa shape index (κ2) is 7.84. The molecule has 1 rings (SSSR count). The van der Waals surface area contributed by atoms with E-state index in [2.05, 4.69) is 9.97 Å². The molecule has 0 radical (unpaired) electrons. The van der Waals surface area contributed by atoms with Crippen molar-refractivity contribution in [1.82, 2.24) is 9.97 Å². The highest BCUT2D eigenvalue weighted by molar-refractivity contribution is 5.22. The van der Waals surface area contributed by atoms with Gasteiger partial charge in [0, 0.05) is 13.5 Å². The Morgan fingerprint density at radius 1 is 1.28 bits per heavy atom. The summed E-state index contributed by atoms with van der Waals surface area (Å²) in [6, 6.07) is 0. The second-order valence-electron chi connectivity index (χ2n) is 3.92. The van der Waals surface area contributed by atoms with Gasteiger partial charge in [0.25, 0.3) is 5.56 Å². The zero-order chi connectivity index (χ0) is 13.4. The first-order valence-electron chi connectivity index (χ1n) is 6.06. The van der Waals surface area contributed by atoms with Crippen LogP contribution in [0.2, 0.25) is 0 Å². The topological polar surface area (TPSA) is 84.4 Å². The molecule has 0 atom stereocenters. The number of rotatable bonds is 8. The van der Waals surface area contributed by atoms with E-state index >= 15 is 0 Å². The number of nitrogens with zero attached hydrogens (tertiary/aromatic N) is 1. The molecule has 0 aromatic carbocycles. The van der Waals surface area contributed by atoms with Crippen LogP contribution in [0.25, 0.3) is 0 Å². The first-order chi connectivity index (χ1) is 8.69. The Balaban J connectivity index is 2.55. The normalized spacial score (nSPS) is 10.8. The minimum Gasteiger partial charge on any atom is -0.493 e. The Kier molecular flexibility index (Phi) is 6.38. The van der Waals surface area contributed by atoms with Crippen molar-refractivity contribution >= 4 is 0 Å². The lowest BCUT2D eigenvalue weighted by Gasteiger charge is -2.06. The highest BCUT2D eigenvalue weighted by Crippen LogP contribution is 2.10. The van der Waals surface area contributed by atoms with Gasteiger partial charge in [-0.3, -0.25) is 4.79 Å². The summed E-state index contributed by atoms with van der Waals surface area (Å²) in [5.74, 6) is 0.266. The monoisotopic (exact) mass is 256 g/mol. The Labute approximate surface area is 106 Å². The van der Waals surface area contributed by atoms with Crippen molar-refractivity contribution in [3.05, 3.63) is 21.7 Å². The van der Waals surface area contributed by atoms with Crippen LogP contribution in [0.5, 0.6) is 5.88 Å². The van der Waals surface area contributed by atoms with E-state index < -0.39 is 0 Å². The predicted octanol–water partition coefficient (Wildman–Crippen LogP) is 0.633. The van der Waals surface area contributed by atoms with E-state index in [9.17, 15) is 9.90 Å². The molecule has 2 N–H and O–H groups in total. The SMILES string of the molecule is CCCc1c(O)nc(CCOCCOC)[nH]c1=O. The fraction of sp³-hybridized carbons (Fsp3) is 0.667. The summed E-state index contributed by atoms with van der Waals surface area (Å²) >= 11 is 0. The molecule has 0 aliphatic rings. The number of aromatic hydroxyl groups is 1. The number of aromatic nitrogens is 2. The first-order valence-corrected chi connectivity index (χ1v) is 6.06. The van der Waals surface area contributed by atoms with Crippen LogP contribution in [0.4, 0.5) is 0 Å². The maximum atomic E-state index is 11.7. The van der Waals surface area contributed by atoms with Crippen LogP contribution in [0.15, 0.2) is 4.79 Å². The zero-order valence-corrected chi connectivity index (χ0v) is 10.9. The molecule has 0 fully saturated rings. The lowest BCUT2D eigenvalue weighted by Crippen LogP contribution is -2.18. The quantitative estimate of drug-likeness (QED) is 0.666. The molecule has 0 spiro atoms. The van der Waals surface area contributed by atoms with Gasteiger partial charge in [-0.05, 0) is 6.42 Å². The summed E-state index contributed by atoms with van der Waals surface area (Å²) in [4.78, 5) is 18.3. The number of H-pyrrole nitrogens is 1. The standard InChI is InChI=1S/C12H20N2O4/c1-3-4-9-11(15)13-10(14-12(9)16)5-6-18-8-7-17-2/h3-8H2,1-2H3,(H2,13,14,15,16). The summed E-state index contributed by atoms with van der Waals surface area (Å²) in [5, 5.41) is 9.65. The van der Waals surface area contributed by atoms with Crippen molar-refractivity contribution in [2.24, 2.45) is 0 Å². The maximum absolute atomic E-state index is 11.7. The molecule has 0 saturated heterocycles. The van der Waals surface area contributed by atoms with Gasteiger partial charge in [-0.25, -0.2) is 0 Å². The average molecular weight is 256 g/mol. The minimum atomic E-state index is -0.267. The van der Waals surface area contributed by atoms with Gasteiger partial charge in [0.1, 0.15) is 5.82 Å². The van der Waals surface area contributed by atoms with Crippen LogP contribution in [0.1, 0.15) is 24.7 Å². The lowest BCUT2D eigenvalue weighted by atomic mass is 10.2. The Bertz CT molecular complexity index is 417. The van der Waals surface area contributed by atoms with Crippen molar-refractivity contribution in [2.75, 3.05) is 26.9 Å². The molecule has 18 heavy (non-hydrogen) atoms. The van der Waals surface area contributed by atoms with Gasteiger partial charge in [0.2, 0.25) is 5.88 Å². The summed E-state index contributed by atoms with van der Waals surface area (Å²) in [6.45, 7) is 3.40. The molecule has 0 bridgehead atoms. The van der Waals surface area contributed by atoms with Crippen molar-refractivity contribution in [3.8, 4) is 5.88 Å². The van der Waals surface area contributed by atoms with E-state index in [0.717, 1.165) is 6.42 Å². The number of hydrogen-bond donors (Lipinski definition) is 2. The van der Waals surface area contributed by atoms with Crippen molar-refractivity contribution in [3.63, 3.8) is 0 Å².